The maximum Gasteiger partial charge on any atom is 0.191 e. The first-order valence-corrected chi connectivity index (χ1v) is 10.2. The van der Waals surface area contributed by atoms with Crippen LogP contribution in [0.25, 0.3) is 0 Å². The molecular weight excluding hydrogens is 441 g/mol. The van der Waals surface area contributed by atoms with Crippen molar-refractivity contribution in [2.24, 2.45) is 21.7 Å². The van der Waals surface area contributed by atoms with Crippen molar-refractivity contribution >= 4 is 29.9 Å². The van der Waals surface area contributed by atoms with E-state index >= 15 is 0 Å². The zero-order valence-corrected chi connectivity index (χ0v) is 19.2. The highest BCUT2D eigenvalue weighted by Crippen LogP contribution is 2.51. The van der Waals surface area contributed by atoms with Gasteiger partial charge in [0.1, 0.15) is 0 Å². The van der Waals surface area contributed by atoms with Crippen LogP contribution in [0.2, 0.25) is 0 Å². The van der Waals surface area contributed by atoms with E-state index in [1.807, 2.05) is 0 Å². The summed E-state index contributed by atoms with van der Waals surface area (Å²) in [5.74, 6) is 1.48. The molecule has 0 aromatic carbocycles. The molecule has 3 aliphatic rings. The Labute approximate surface area is 176 Å². The quantitative estimate of drug-likeness (QED) is 0.329. The maximum atomic E-state index is 10.4. The molecule has 0 aromatic rings. The number of rotatable bonds is 4. The van der Waals surface area contributed by atoms with Gasteiger partial charge < -0.3 is 20.5 Å². The summed E-state index contributed by atoms with van der Waals surface area (Å²) in [5.41, 5.74) is 0.0434. The van der Waals surface area contributed by atoms with Gasteiger partial charge in [-0.15, -0.1) is 24.0 Å². The van der Waals surface area contributed by atoms with Crippen molar-refractivity contribution in [1.29, 1.82) is 0 Å². The summed E-state index contributed by atoms with van der Waals surface area (Å²) < 4.78 is 6.02. The van der Waals surface area contributed by atoms with Crippen LogP contribution in [0.15, 0.2) is 4.99 Å². The van der Waals surface area contributed by atoms with E-state index in [-0.39, 0.29) is 40.9 Å². The van der Waals surface area contributed by atoms with Gasteiger partial charge in [0, 0.05) is 35.9 Å². The topological polar surface area (TPSA) is 65.9 Å². The van der Waals surface area contributed by atoms with Crippen LogP contribution in [0.3, 0.4) is 0 Å². The predicted molar refractivity (Wildman–Crippen MR) is 117 cm³/mol. The molecule has 0 amide bonds. The second kappa shape index (κ2) is 8.95. The molecule has 3 N–H and O–H groups in total. The van der Waals surface area contributed by atoms with Crippen molar-refractivity contribution in [2.75, 3.05) is 19.7 Å². The van der Waals surface area contributed by atoms with Crippen LogP contribution in [-0.4, -0.2) is 49.0 Å². The number of halogens is 1. The van der Waals surface area contributed by atoms with Crippen LogP contribution in [0, 0.1) is 16.7 Å². The normalized spacial score (nSPS) is 39.2. The van der Waals surface area contributed by atoms with Gasteiger partial charge in [-0.25, -0.2) is 0 Å². The molecule has 152 valence electrons. The molecule has 1 aliphatic heterocycles. The zero-order chi connectivity index (χ0) is 18.1. The van der Waals surface area contributed by atoms with E-state index in [1.165, 1.54) is 12.8 Å². The maximum absolute atomic E-state index is 10.4. The lowest BCUT2D eigenvalue weighted by Gasteiger charge is -2.60. The largest absolute Gasteiger partial charge is 0.392 e. The number of aliphatic imine (C=N–C) groups is 1. The SMILES string of the molecule is CCNC(=NCC1(C)CCCCC1O)NC1C2CCCOC2C1(C)C.I. The lowest BCUT2D eigenvalue weighted by atomic mass is 9.55. The average molecular weight is 479 g/mol. The Balaban J connectivity index is 0.00000243. The minimum absolute atomic E-state index is 0. The number of aliphatic hydroxyl groups is 1. The fourth-order valence-corrected chi connectivity index (χ4v) is 5.11. The first-order valence-electron chi connectivity index (χ1n) is 10.2. The second-order valence-corrected chi connectivity index (χ2v) is 9.15. The highest BCUT2D eigenvalue weighted by molar-refractivity contribution is 14.0. The Kier molecular flexibility index (Phi) is 7.64. The van der Waals surface area contributed by atoms with Crippen molar-refractivity contribution in [3.05, 3.63) is 0 Å². The van der Waals surface area contributed by atoms with E-state index in [1.54, 1.807) is 0 Å². The predicted octanol–water partition coefficient (Wildman–Crippen LogP) is 3.30. The van der Waals surface area contributed by atoms with Gasteiger partial charge in [0.15, 0.2) is 5.96 Å². The Bertz CT molecular complexity index is 499. The molecule has 2 aliphatic carbocycles. The molecule has 1 heterocycles. The van der Waals surface area contributed by atoms with E-state index in [0.29, 0.717) is 24.6 Å². The van der Waals surface area contributed by atoms with Gasteiger partial charge in [0.2, 0.25) is 0 Å². The molecule has 1 saturated heterocycles. The summed E-state index contributed by atoms with van der Waals surface area (Å²) in [5, 5.41) is 17.5. The molecular formula is C20H38IN3O2. The van der Waals surface area contributed by atoms with Crippen LogP contribution >= 0.6 is 24.0 Å². The monoisotopic (exact) mass is 479 g/mol. The van der Waals surface area contributed by atoms with Crippen LogP contribution in [0.5, 0.6) is 0 Å². The summed E-state index contributed by atoms with van der Waals surface area (Å²) in [4.78, 5) is 4.88. The van der Waals surface area contributed by atoms with Crippen molar-refractivity contribution < 1.29 is 9.84 Å². The number of nitrogens with zero attached hydrogens (tertiary/aromatic N) is 1. The van der Waals surface area contributed by atoms with E-state index < -0.39 is 0 Å². The van der Waals surface area contributed by atoms with Crippen molar-refractivity contribution in [2.45, 2.75) is 84.5 Å². The minimum atomic E-state index is -0.232. The minimum Gasteiger partial charge on any atom is -0.392 e. The molecule has 5 unspecified atom stereocenters. The molecule has 0 aromatic heterocycles. The number of fused-ring (bicyclic) bond motifs is 1. The van der Waals surface area contributed by atoms with Crippen LogP contribution in [0.1, 0.15) is 66.2 Å². The molecule has 5 atom stereocenters. The summed E-state index contributed by atoms with van der Waals surface area (Å²) in [6, 6.07) is 0.402. The van der Waals surface area contributed by atoms with Crippen LogP contribution in [0.4, 0.5) is 0 Å². The number of nitrogens with one attached hydrogen (secondary N) is 2. The number of ether oxygens (including phenoxy) is 1. The third-order valence-electron chi connectivity index (χ3n) is 6.85. The molecule has 0 bridgehead atoms. The Hall–Kier alpha value is -0.0800. The van der Waals surface area contributed by atoms with Gasteiger partial charge in [0.05, 0.1) is 18.8 Å². The zero-order valence-electron chi connectivity index (χ0n) is 16.9. The fraction of sp³-hybridized carbons (Fsp3) is 0.950. The average Bonchev–Trinajstić information content (AvgIpc) is 2.60. The smallest absolute Gasteiger partial charge is 0.191 e. The van der Waals surface area contributed by atoms with Crippen LogP contribution < -0.4 is 10.6 Å². The molecule has 0 spiro atoms. The van der Waals surface area contributed by atoms with Gasteiger partial charge in [-0.05, 0) is 32.6 Å². The first kappa shape index (κ1) is 22.2. The molecule has 26 heavy (non-hydrogen) atoms. The number of hydrogen-bond acceptors (Lipinski definition) is 3. The third kappa shape index (κ3) is 4.32. The first-order chi connectivity index (χ1) is 11.9. The fourth-order valence-electron chi connectivity index (χ4n) is 5.11. The Morgan fingerprint density at radius 1 is 1.19 bits per heavy atom. The number of hydrogen-bond donors (Lipinski definition) is 3. The van der Waals surface area contributed by atoms with Crippen LogP contribution in [-0.2, 0) is 4.74 Å². The second-order valence-electron chi connectivity index (χ2n) is 9.15. The Morgan fingerprint density at radius 2 is 1.96 bits per heavy atom. The highest BCUT2D eigenvalue weighted by Gasteiger charge is 2.58. The molecule has 3 fully saturated rings. The van der Waals surface area contributed by atoms with Gasteiger partial charge in [-0.3, -0.25) is 4.99 Å². The van der Waals surface area contributed by atoms with E-state index in [0.717, 1.165) is 44.8 Å². The highest BCUT2D eigenvalue weighted by atomic mass is 127. The van der Waals surface area contributed by atoms with Gasteiger partial charge >= 0.3 is 0 Å². The lowest BCUT2D eigenvalue weighted by Crippen LogP contribution is -2.71. The molecule has 2 saturated carbocycles. The summed E-state index contributed by atoms with van der Waals surface area (Å²) in [6.45, 7) is 11.3. The van der Waals surface area contributed by atoms with E-state index in [9.17, 15) is 5.11 Å². The third-order valence-corrected chi connectivity index (χ3v) is 6.85. The number of aliphatic hydroxyl groups excluding tert-OH is 1. The summed E-state index contributed by atoms with van der Waals surface area (Å²) >= 11 is 0. The van der Waals surface area contributed by atoms with E-state index in [4.69, 9.17) is 9.73 Å². The summed E-state index contributed by atoms with van der Waals surface area (Å²) in [7, 11) is 0. The number of guanidine groups is 1. The Morgan fingerprint density at radius 3 is 2.65 bits per heavy atom. The molecule has 5 nitrogen and oxygen atoms in total. The van der Waals surface area contributed by atoms with E-state index in [2.05, 4.69) is 38.3 Å². The van der Waals surface area contributed by atoms with Gasteiger partial charge in [0.25, 0.3) is 0 Å². The molecule has 6 heteroatoms. The van der Waals surface area contributed by atoms with Gasteiger partial charge in [-0.1, -0.05) is 33.6 Å². The van der Waals surface area contributed by atoms with Crippen molar-refractivity contribution in [3.8, 4) is 0 Å². The molecule has 0 radical (unpaired) electrons. The van der Waals surface area contributed by atoms with Gasteiger partial charge in [-0.2, -0.15) is 0 Å². The lowest BCUT2D eigenvalue weighted by molar-refractivity contribution is -0.188. The molecule has 3 rings (SSSR count). The van der Waals surface area contributed by atoms with Crippen molar-refractivity contribution in [1.82, 2.24) is 10.6 Å². The van der Waals surface area contributed by atoms with Crippen molar-refractivity contribution in [3.63, 3.8) is 0 Å². The summed E-state index contributed by atoms with van der Waals surface area (Å²) in [6.07, 6.45) is 6.84. The standard InChI is InChI=1S/C20H37N3O2.HI/c1-5-21-18(22-13-20(4)11-7-6-10-15(20)24)23-16-14-9-8-12-25-17(14)19(16,2)3;/h14-17,24H,5-13H2,1-4H3,(H2,21,22,23);1H.